The summed E-state index contributed by atoms with van der Waals surface area (Å²) in [5.74, 6) is -0.698. The molecule has 2 amide bonds. The van der Waals surface area contributed by atoms with Crippen LogP contribution in [0.15, 0.2) is 77.5 Å². The van der Waals surface area contributed by atoms with Crippen molar-refractivity contribution in [3.63, 3.8) is 0 Å². The number of carbonyl (C=O) groups is 2. The Morgan fingerprint density at radius 2 is 1.79 bits per heavy atom. The Morgan fingerprint density at radius 3 is 2.58 bits per heavy atom. The molecule has 0 aromatic heterocycles. The number of fused-ring (bicyclic) bond motifs is 1. The Bertz CT molecular complexity index is 1240. The van der Waals surface area contributed by atoms with Crippen LogP contribution in [0.4, 0.5) is 4.39 Å². The highest BCUT2D eigenvalue weighted by Crippen LogP contribution is 2.33. The lowest BCUT2D eigenvalue weighted by molar-refractivity contribution is -0.117. The Morgan fingerprint density at radius 1 is 1.00 bits per heavy atom. The molecule has 33 heavy (non-hydrogen) atoms. The number of nitrogens with zero attached hydrogens (tertiary/aromatic N) is 1. The molecule has 3 aromatic rings. The van der Waals surface area contributed by atoms with Gasteiger partial charge in [-0.15, -0.1) is 0 Å². The summed E-state index contributed by atoms with van der Waals surface area (Å²) < 4.78 is 24.6. The van der Waals surface area contributed by atoms with Gasteiger partial charge in [0.15, 0.2) is 11.5 Å². The van der Waals surface area contributed by atoms with Gasteiger partial charge < -0.3 is 14.8 Å². The van der Waals surface area contributed by atoms with E-state index < -0.39 is 17.6 Å². The molecule has 0 unspecified atom stereocenters. The van der Waals surface area contributed by atoms with E-state index in [9.17, 15) is 14.0 Å². The average Bonchev–Trinajstić information content (AvgIpc) is 3.29. The van der Waals surface area contributed by atoms with Crippen molar-refractivity contribution in [3.05, 3.63) is 100.0 Å². The maximum absolute atomic E-state index is 13.9. The first kappa shape index (κ1) is 22.0. The van der Waals surface area contributed by atoms with Gasteiger partial charge in [0.05, 0.1) is 11.2 Å². The number of rotatable bonds is 6. The predicted molar refractivity (Wildman–Crippen MR) is 122 cm³/mol. The van der Waals surface area contributed by atoms with Gasteiger partial charge >= 0.3 is 0 Å². The summed E-state index contributed by atoms with van der Waals surface area (Å²) in [7, 11) is 0. The molecule has 4 rings (SSSR count). The maximum Gasteiger partial charge on any atom is 0.287 e. The molecule has 7 nitrogen and oxygen atoms in total. The predicted octanol–water partition coefficient (Wildman–Crippen LogP) is 4.13. The van der Waals surface area contributed by atoms with Crippen LogP contribution in [0.3, 0.4) is 0 Å². The van der Waals surface area contributed by atoms with Gasteiger partial charge in [-0.1, -0.05) is 41.9 Å². The van der Waals surface area contributed by atoms with E-state index in [1.165, 1.54) is 24.3 Å². The second-order valence-corrected chi connectivity index (χ2v) is 7.23. The van der Waals surface area contributed by atoms with E-state index in [1.54, 1.807) is 48.5 Å². The first-order valence-electron chi connectivity index (χ1n) is 9.76. The van der Waals surface area contributed by atoms with Crippen molar-refractivity contribution in [1.29, 1.82) is 0 Å². The van der Waals surface area contributed by atoms with Gasteiger partial charge in [0, 0.05) is 11.1 Å². The van der Waals surface area contributed by atoms with Gasteiger partial charge in [-0.05, 0) is 48.0 Å². The van der Waals surface area contributed by atoms with Crippen LogP contribution in [0.1, 0.15) is 21.5 Å². The monoisotopic (exact) mass is 465 g/mol. The molecule has 2 N–H and O–H groups in total. The van der Waals surface area contributed by atoms with E-state index in [0.717, 1.165) is 6.21 Å². The summed E-state index contributed by atoms with van der Waals surface area (Å²) >= 11 is 5.96. The zero-order valence-corrected chi connectivity index (χ0v) is 17.8. The van der Waals surface area contributed by atoms with Crippen molar-refractivity contribution in [2.24, 2.45) is 5.10 Å². The van der Waals surface area contributed by atoms with Crippen molar-refractivity contribution in [1.82, 2.24) is 10.7 Å². The minimum absolute atomic E-state index is 0.0223. The number of carbonyl (C=O) groups excluding carboxylic acids is 2. The highest BCUT2D eigenvalue weighted by Gasteiger charge is 2.17. The molecule has 1 aliphatic rings. The molecular weight excluding hydrogens is 449 g/mol. The quantitative estimate of drug-likeness (QED) is 0.325. The van der Waals surface area contributed by atoms with Crippen LogP contribution in [0.2, 0.25) is 5.02 Å². The van der Waals surface area contributed by atoms with E-state index in [4.69, 9.17) is 21.1 Å². The molecule has 0 saturated heterocycles. The van der Waals surface area contributed by atoms with E-state index in [1.807, 2.05) is 0 Å². The summed E-state index contributed by atoms with van der Waals surface area (Å²) in [5, 5.41) is 6.50. The Hall–Kier alpha value is -4.17. The summed E-state index contributed by atoms with van der Waals surface area (Å²) in [4.78, 5) is 25.5. The third-order valence-corrected chi connectivity index (χ3v) is 4.93. The molecular formula is C24H17ClFN3O4. The lowest BCUT2D eigenvalue weighted by Crippen LogP contribution is -2.32. The molecule has 1 heterocycles. The van der Waals surface area contributed by atoms with Crippen LogP contribution >= 0.6 is 11.6 Å². The number of amides is 2. The van der Waals surface area contributed by atoms with Gasteiger partial charge in [0.25, 0.3) is 11.8 Å². The second kappa shape index (κ2) is 9.97. The van der Waals surface area contributed by atoms with Gasteiger partial charge in [-0.25, -0.2) is 9.82 Å². The topological polar surface area (TPSA) is 89.0 Å². The van der Waals surface area contributed by atoms with E-state index >= 15 is 0 Å². The van der Waals surface area contributed by atoms with Crippen molar-refractivity contribution in [2.45, 2.75) is 0 Å². The van der Waals surface area contributed by atoms with Gasteiger partial charge in [0.1, 0.15) is 11.5 Å². The van der Waals surface area contributed by atoms with Gasteiger partial charge in [-0.3, -0.25) is 9.59 Å². The zero-order chi connectivity index (χ0) is 23.2. The van der Waals surface area contributed by atoms with Gasteiger partial charge in [0.2, 0.25) is 6.79 Å². The van der Waals surface area contributed by atoms with Crippen molar-refractivity contribution < 1.29 is 23.5 Å². The Balaban J connectivity index is 1.58. The highest BCUT2D eigenvalue weighted by atomic mass is 35.5. The standard InChI is InChI=1S/C24H17ClFN3O4/c25-18-7-4-8-19(26)17(18)13-27-29-24(31)20(28-23(30)16-5-2-1-3-6-16)11-15-9-10-21-22(12-15)33-14-32-21/h1-13H,14H2,(H,28,30)(H,29,31). The molecule has 1 aliphatic heterocycles. The smallest absolute Gasteiger partial charge is 0.287 e. The minimum Gasteiger partial charge on any atom is -0.454 e. The molecule has 0 atom stereocenters. The number of hydrogen-bond acceptors (Lipinski definition) is 5. The number of benzene rings is 3. The Labute approximate surface area is 193 Å². The first-order chi connectivity index (χ1) is 16.0. The minimum atomic E-state index is -0.722. The fourth-order valence-electron chi connectivity index (χ4n) is 2.96. The van der Waals surface area contributed by atoms with Crippen LogP contribution in [-0.4, -0.2) is 24.8 Å². The number of ether oxygens (including phenoxy) is 2. The summed E-state index contributed by atoms with van der Waals surface area (Å²) in [6, 6.07) is 17.7. The van der Waals surface area contributed by atoms with Crippen molar-refractivity contribution >= 4 is 35.7 Å². The largest absolute Gasteiger partial charge is 0.454 e. The number of halogens is 2. The molecule has 0 fully saturated rings. The fourth-order valence-corrected chi connectivity index (χ4v) is 3.17. The van der Waals surface area contributed by atoms with Crippen LogP contribution in [0, 0.1) is 5.82 Å². The van der Waals surface area contributed by atoms with Crippen LogP contribution in [0.5, 0.6) is 11.5 Å². The van der Waals surface area contributed by atoms with E-state index in [2.05, 4.69) is 15.8 Å². The Kier molecular flexibility index (Phi) is 6.66. The van der Waals surface area contributed by atoms with Crippen LogP contribution < -0.4 is 20.2 Å². The third-order valence-electron chi connectivity index (χ3n) is 4.60. The summed E-state index contributed by atoms with van der Waals surface area (Å²) in [6.07, 6.45) is 2.55. The molecule has 0 bridgehead atoms. The van der Waals surface area contributed by atoms with Crippen molar-refractivity contribution in [3.8, 4) is 11.5 Å². The summed E-state index contributed by atoms with van der Waals surface area (Å²) in [5.41, 5.74) is 3.17. The highest BCUT2D eigenvalue weighted by molar-refractivity contribution is 6.33. The molecule has 166 valence electrons. The number of nitrogens with one attached hydrogen (secondary N) is 2. The third kappa shape index (κ3) is 5.36. The number of hydrazone groups is 1. The van der Waals surface area contributed by atoms with Crippen molar-refractivity contribution in [2.75, 3.05) is 6.79 Å². The van der Waals surface area contributed by atoms with E-state index in [0.29, 0.717) is 22.6 Å². The van der Waals surface area contributed by atoms with Crippen LogP contribution in [-0.2, 0) is 4.79 Å². The second-order valence-electron chi connectivity index (χ2n) is 6.83. The first-order valence-corrected chi connectivity index (χ1v) is 10.1. The number of hydrogen-bond donors (Lipinski definition) is 2. The molecule has 0 spiro atoms. The summed E-state index contributed by atoms with van der Waals surface area (Å²) in [6.45, 7) is 0.105. The zero-order valence-electron chi connectivity index (χ0n) is 17.0. The van der Waals surface area contributed by atoms with Gasteiger partial charge in [-0.2, -0.15) is 5.10 Å². The lowest BCUT2D eigenvalue weighted by atomic mass is 10.1. The fraction of sp³-hybridized carbons (Fsp3) is 0.0417. The lowest BCUT2D eigenvalue weighted by Gasteiger charge is -2.09. The molecule has 3 aromatic carbocycles. The van der Waals surface area contributed by atoms with E-state index in [-0.39, 0.29) is 23.1 Å². The molecule has 9 heteroatoms. The maximum atomic E-state index is 13.9. The normalized spacial score (nSPS) is 12.6. The average molecular weight is 466 g/mol. The molecule has 0 saturated carbocycles. The molecule has 0 aliphatic carbocycles. The SMILES string of the molecule is O=C(NN=Cc1c(F)cccc1Cl)C(=Cc1ccc2c(c1)OCO2)NC(=O)c1ccccc1. The van der Waals surface area contributed by atoms with Crippen LogP contribution in [0.25, 0.3) is 6.08 Å². The molecule has 0 radical (unpaired) electrons.